The van der Waals surface area contributed by atoms with E-state index in [2.05, 4.69) is 48.5 Å². The van der Waals surface area contributed by atoms with E-state index in [4.69, 9.17) is 9.97 Å². The molecule has 0 N–H and O–H groups in total. The summed E-state index contributed by atoms with van der Waals surface area (Å²) in [6.45, 7) is 0. The number of rotatable bonds is 1. The number of nitrogens with zero attached hydrogens (tertiary/aromatic N) is 2. The number of aromatic nitrogens is 2. The van der Waals surface area contributed by atoms with Crippen LogP contribution in [0.25, 0.3) is 44.0 Å². The van der Waals surface area contributed by atoms with Gasteiger partial charge in [0.05, 0.1) is 22.2 Å². The van der Waals surface area contributed by atoms with Gasteiger partial charge in [-0.1, -0.05) is 60.7 Å². The molecular formula is C22H14N2. The molecule has 0 saturated carbocycles. The number of para-hydroxylation sites is 1. The molecule has 5 rings (SSSR count). The summed E-state index contributed by atoms with van der Waals surface area (Å²) in [5, 5.41) is 3.38. The topological polar surface area (TPSA) is 25.8 Å². The minimum Gasteiger partial charge on any atom is -0.248 e. The van der Waals surface area contributed by atoms with E-state index in [1.807, 2.05) is 36.4 Å². The first-order chi connectivity index (χ1) is 11.9. The summed E-state index contributed by atoms with van der Waals surface area (Å²) in [6.07, 6.45) is 0. The van der Waals surface area contributed by atoms with Crippen molar-refractivity contribution in [2.24, 2.45) is 0 Å². The first-order valence-corrected chi connectivity index (χ1v) is 8.03. The second-order valence-corrected chi connectivity index (χ2v) is 5.95. The fourth-order valence-electron chi connectivity index (χ4n) is 3.21. The van der Waals surface area contributed by atoms with Crippen LogP contribution >= 0.6 is 0 Å². The molecule has 0 aliphatic heterocycles. The SMILES string of the molecule is c1ccc(-c2ccc3ccc4nc5ccccc5cc4c3n2)cc1. The Bertz CT molecular complexity index is 1190. The van der Waals surface area contributed by atoms with Gasteiger partial charge in [-0.2, -0.15) is 0 Å². The lowest BCUT2D eigenvalue weighted by Crippen LogP contribution is -1.89. The van der Waals surface area contributed by atoms with E-state index in [1.165, 1.54) is 0 Å². The van der Waals surface area contributed by atoms with Crippen molar-refractivity contribution >= 4 is 32.7 Å². The maximum Gasteiger partial charge on any atom is 0.0803 e. The standard InChI is InChI=1S/C22H14N2/c1-2-6-15(7-3-1)20-12-10-16-11-13-21-18(22(16)24-20)14-17-8-4-5-9-19(17)23-21/h1-14H. The Morgan fingerprint density at radius 3 is 2.25 bits per heavy atom. The Morgan fingerprint density at radius 2 is 1.33 bits per heavy atom. The van der Waals surface area contributed by atoms with Crippen LogP contribution in [0.1, 0.15) is 0 Å². The molecule has 0 fully saturated rings. The predicted molar refractivity (Wildman–Crippen MR) is 100.0 cm³/mol. The molecule has 2 aromatic heterocycles. The lowest BCUT2D eigenvalue weighted by atomic mass is 10.1. The van der Waals surface area contributed by atoms with Gasteiger partial charge in [0.1, 0.15) is 0 Å². The van der Waals surface area contributed by atoms with Crippen LogP contribution in [0.5, 0.6) is 0 Å². The maximum absolute atomic E-state index is 4.94. The zero-order chi connectivity index (χ0) is 15.9. The molecule has 0 spiro atoms. The van der Waals surface area contributed by atoms with Crippen molar-refractivity contribution in [2.45, 2.75) is 0 Å². The van der Waals surface area contributed by atoms with Crippen molar-refractivity contribution in [3.8, 4) is 11.3 Å². The van der Waals surface area contributed by atoms with E-state index < -0.39 is 0 Å². The van der Waals surface area contributed by atoms with Crippen LogP contribution in [0.3, 0.4) is 0 Å². The fourth-order valence-corrected chi connectivity index (χ4v) is 3.21. The fraction of sp³-hybridized carbons (Fsp3) is 0. The smallest absolute Gasteiger partial charge is 0.0803 e. The Hall–Kier alpha value is -3.26. The van der Waals surface area contributed by atoms with Crippen LogP contribution in [0.4, 0.5) is 0 Å². The third-order valence-corrected chi connectivity index (χ3v) is 4.43. The maximum atomic E-state index is 4.94. The van der Waals surface area contributed by atoms with E-state index in [0.717, 1.165) is 44.0 Å². The molecule has 3 aromatic carbocycles. The van der Waals surface area contributed by atoms with Gasteiger partial charge in [0.15, 0.2) is 0 Å². The number of hydrogen-bond donors (Lipinski definition) is 0. The molecule has 0 saturated heterocycles. The first-order valence-electron chi connectivity index (χ1n) is 8.03. The summed E-state index contributed by atoms with van der Waals surface area (Å²) in [5.41, 5.74) is 5.13. The molecule has 0 unspecified atom stereocenters. The van der Waals surface area contributed by atoms with Gasteiger partial charge in [-0.05, 0) is 24.3 Å². The van der Waals surface area contributed by atoms with Crippen LogP contribution in [0.2, 0.25) is 0 Å². The van der Waals surface area contributed by atoms with Crippen molar-refractivity contribution in [1.29, 1.82) is 0 Å². The molecule has 5 aromatic rings. The van der Waals surface area contributed by atoms with Crippen LogP contribution < -0.4 is 0 Å². The highest BCUT2D eigenvalue weighted by Crippen LogP contribution is 2.28. The summed E-state index contributed by atoms with van der Waals surface area (Å²) in [4.78, 5) is 9.73. The second kappa shape index (κ2) is 5.14. The highest BCUT2D eigenvalue weighted by Gasteiger charge is 2.07. The molecule has 0 atom stereocenters. The molecule has 112 valence electrons. The zero-order valence-corrected chi connectivity index (χ0v) is 13.0. The van der Waals surface area contributed by atoms with Gasteiger partial charge in [0.2, 0.25) is 0 Å². The normalized spacial score (nSPS) is 11.3. The minimum absolute atomic E-state index is 0.985. The quantitative estimate of drug-likeness (QED) is 0.297. The molecular weight excluding hydrogens is 292 g/mol. The Morgan fingerprint density at radius 1 is 0.542 bits per heavy atom. The summed E-state index contributed by atoms with van der Waals surface area (Å²) in [7, 11) is 0. The van der Waals surface area contributed by atoms with Crippen LogP contribution in [-0.2, 0) is 0 Å². The van der Waals surface area contributed by atoms with Crippen LogP contribution in [0.15, 0.2) is 84.9 Å². The first kappa shape index (κ1) is 13.2. The Kier molecular flexibility index (Phi) is 2.83. The second-order valence-electron chi connectivity index (χ2n) is 5.95. The third kappa shape index (κ3) is 2.04. The summed E-state index contributed by atoms with van der Waals surface area (Å²) >= 11 is 0. The number of fused-ring (bicyclic) bond motifs is 4. The average molecular weight is 306 g/mol. The van der Waals surface area contributed by atoms with Gasteiger partial charge >= 0.3 is 0 Å². The molecule has 0 bridgehead atoms. The van der Waals surface area contributed by atoms with E-state index in [1.54, 1.807) is 0 Å². The van der Waals surface area contributed by atoms with Crippen molar-refractivity contribution in [3.05, 3.63) is 84.9 Å². The lowest BCUT2D eigenvalue weighted by Gasteiger charge is -2.07. The summed E-state index contributed by atoms with van der Waals surface area (Å²) < 4.78 is 0. The zero-order valence-electron chi connectivity index (χ0n) is 13.0. The molecule has 2 heterocycles. The van der Waals surface area contributed by atoms with E-state index >= 15 is 0 Å². The van der Waals surface area contributed by atoms with Crippen molar-refractivity contribution in [2.75, 3.05) is 0 Å². The lowest BCUT2D eigenvalue weighted by molar-refractivity contribution is 1.40. The largest absolute Gasteiger partial charge is 0.248 e. The van der Waals surface area contributed by atoms with Crippen molar-refractivity contribution in [1.82, 2.24) is 9.97 Å². The number of pyridine rings is 2. The van der Waals surface area contributed by atoms with E-state index in [0.29, 0.717) is 0 Å². The number of benzene rings is 3. The molecule has 2 heteroatoms. The average Bonchev–Trinajstić information content (AvgIpc) is 2.66. The molecule has 0 aliphatic carbocycles. The minimum atomic E-state index is 0.985. The van der Waals surface area contributed by atoms with Gasteiger partial charge in [-0.25, -0.2) is 9.97 Å². The van der Waals surface area contributed by atoms with Gasteiger partial charge in [0, 0.05) is 21.7 Å². The molecule has 2 nitrogen and oxygen atoms in total. The van der Waals surface area contributed by atoms with E-state index in [-0.39, 0.29) is 0 Å². The molecule has 0 radical (unpaired) electrons. The molecule has 0 aliphatic rings. The van der Waals surface area contributed by atoms with Gasteiger partial charge in [-0.15, -0.1) is 0 Å². The van der Waals surface area contributed by atoms with Crippen molar-refractivity contribution < 1.29 is 0 Å². The van der Waals surface area contributed by atoms with Gasteiger partial charge in [0.25, 0.3) is 0 Å². The van der Waals surface area contributed by atoms with Gasteiger partial charge in [-0.3, -0.25) is 0 Å². The monoisotopic (exact) mass is 306 g/mol. The highest BCUT2D eigenvalue weighted by atomic mass is 14.7. The van der Waals surface area contributed by atoms with Crippen molar-refractivity contribution in [3.63, 3.8) is 0 Å². The Balaban J connectivity index is 1.86. The van der Waals surface area contributed by atoms with Crippen LogP contribution in [0, 0.1) is 0 Å². The van der Waals surface area contributed by atoms with Gasteiger partial charge < -0.3 is 0 Å². The van der Waals surface area contributed by atoms with Crippen LogP contribution in [-0.4, -0.2) is 9.97 Å². The summed E-state index contributed by atoms with van der Waals surface area (Å²) in [5.74, 6) is 0. The van der Waals surface area contributed by atoms with E-state index in [9.17, 15) is 0 Å². The third-order valence-electron chi connectivity index (χ3n) is 4.43. The molecule has 0 amide bonds. The summed E-state index contributed by atoms with van der Waals surface area (Å²) in [6, 6.07) is 29.1. The predicted octanol–water partition coefficient (Wildman–Crippen LogP) is 5.60. The highest BCUT2D eigenvalue weighted by molar-refractivity contribution is 6.08. The molecule has 24 heavy (non-hydrogen) atoms. The number of hydrogen-bond acceptors (Lipinski definition) is 2. The Labute approximate surface area is 139 Å².